The van der Waals surface area contributed by atoms with Crippen molar-refractivity contribution in [3.8, 4) is 5.75 Å². The highest BCUT2D eigenvalue weighted by Crippen LogP contribution is 2.21. The van der Waals surface area contributed by atoms with E-state index in [0.717, 1.165) is 5.56 Å². The highest BCUT2D eigenvalue weighted by Gasteiger charge is 2.21. The molecule has 0 aliphatic carbocycles. The summed E-state index contributed by atoms with van der Waals surface area (Å²) in [5, 5.41) is 10.8. The molecule has 9 heteroatoms. The third kappa shape index (κ3) is 5.41. The summed E-state index contributed by atoms with van der Waals surface area (Å²) in [6.07, 6.45) is -0.705. The standard InChI is InChI=1S/C22H19N3O6/c1-15-4-3-5-20(23-15)24(14-16-6-8-17(9-7-16)21(26)30-2)22(27)31-19-12-10-18(11-13-19)25(28)29/h3-13H,14H2,1-2H3. The summed E-state index contributed by atoms with van der Waals surface area (Å²) in [6, 6.07) is 17.1. The van der Waals surface area contributed by atoms with Crippen molar-refractivity contribution in [2.75, 3.05) is 12.0 Å². The van der Waals surface area contributed by atoms with Crippen molar-refractivity contribution in [2.24, 2.45) is 0 Å². The van der Waals surface area contributed by atoms with Crippen molar-refractivity contribution < 1.29 is 24.0 Å². The second-order valence-electron chi connectivity index (χ2n) is 6.53. The van der Waals surface area contributed by atoms with Crippen LogP contribution in [-0.2, 0) is 11.3 Å². The molecule has 3 aromatic rings. The summed E-state index contributed by atoms with van der Waals surface area (Å²) in [4.78, 5) is 40.5. The van der Waals surface area contributed by atoms with Gasteiger partial charge in [0.2, 0.25) is 0 Å². The molecule has 3 rings (SSSR count). The van der Waals surface area contributed by atoms with Crippen molar-refractivity contribution in [1.29, 1.82) is 0 Å². The van der Waals surface area contributed by atoms with Gasteiger partial charge in [-0.05, 0) is 48.9 Å². The van der Waals surface area contributed by atoms with Gasteiger partial charge in [0.25, 0.3) is 5.69 Å². The number of nitro benzene ring substituents is 1. The third-order valence-corrected chi connectivity index (χ3v) is 4.34. The molecule has 158 valence electrons. The van der Waals surface area contributed by atoms with Gasteiger partial charge in [-0.25, -0.2) is 14.6 Å². The van der Waals surface area contributed by atoms with Crippen LogP contribution in [-0.4, -0.2) is 29.1 Å². The Balaban J connectivity index is 1.84. The van der Waals surface area contributed by atoms with E-state index in [9.17, 15) is 19.7 Å². The molecule has 0 radical (unpaired) electrons. The molecule has 0 aliphatic rings. The summed E-state index contributed by atoms with van der Waals surface area (Å²) in [5.74, 6) is 0.0830. The maximum absolute atomic E-state index is 12.9. The van der Waals surface area contributed by atoms with E-state index in [4.69, 9.17) is 9.47 Å². The van der Waals surface area contributed by atoms with Crippen molar-refractivity contribution in [2.45, 2.75) is 13.5 Å². The Morgan fingerprint density at radius 3 is 2.29 bits per heavy atom. The topological polar surface area (TPSA) is 112 Å². The Hall–Kier alpha value is -4.27. The Morgan fingerprint density at radius 1 is 1.03 bits per heavy atom. The maximum atomic E-state index is 12.9. The SMILES string of the molecule is COC(=O)c1ccc(CN(C(=O)Oc2ccc([N+](=O)[O-])cc2)c2cccc(C)n2)cc1. The van der Waals surface area contributed by atoms with E-state index in [2.05, 4.69) is 4.98 Å². The first kappa shape index (κ1) is 21.4. The summed E-state index contributed by atoms with van der Waals surface area (Å²) in [7, 11) is 1.30. The number of non-ortho nitro benzene ring substituents is 1. The van der Waals surface area contributed by atoms with Crippen molar-refractivity contribution >= 4 is 23.6 Å². The number of esters is 1. The predicted molar refractivity (Wildman–Crippen MR) is 112 cm³/mol. The van der Waals surface area contributed by atoms with Gasteiger partial charge in [-0.15, -0.1) is 0 Å². The molecule has 0 N–H and O–H groups in total. The van der Waals surface area contributed by atoms with Crippen LogP contribution in [0, 0.1) is 17.0 Å². The molecule has 0 saturated heterocycles. The quantitative estimate of drug-likeness (QED) is 0.331. The van der Waals surface area contributed by atoms with E-state index in [1.807, 2.05) is 0 Å². The monoisotopic (exact) mass is 421 g/mol. The molecule has 31 heavy (non-hydrogen) atoms. The number of benzene rings is 2. The summed E-state index contributed by atoms with van der Waals surface area (Å²) >= 11 is 0. The van der Waals surface area contributed by atoms with Crippen LogP contribution < -0.4 is 9.64 Å². The van der Waals surface area contributed by atoms with Crippen LogP contribution in [0.1, 0.15) is 21.6 Å². The van der Waals surface area contributed by atoms with Crippen LogP contribution in [0.15, 0.2) is 66.7 Å². The third-order valence-electron chi connectivity index (χ3n) is 4.34. The van der Waals surface area contributed by atoms with Gasteiger partial charge < -0.3 is 9.47 Å². The van der Waals surface area contributed by atoms with Crippen LogP contribution in [0.3, 0.4) is 0 Å². The number of ether oxygens (including phenoxy) is 2. The molecule has 0 atom stereocenters. The lowest BCUT2D eigenvalue weighted by atomic mass is 10.1. The molecule has 0 aliphatic heterocycles. The van der Waals surface area contributed by atoms with Crippen LogP contribution in [0.25, 0.3) is 0 Å². The lowest BCUT2D eigenvalue weighted by molar-refractivity contribution is -0.384. The Bertz CT molecular complexity index is 1100. The Labute approximate surface area is 178 Å². The number of hydrogen-bond donors (Lipinski definition) is 0. The number of anilines is 1. The summed E-state index contributed by atoms with van der Waals surface area (Å²) < 4.78 is 10.1. The van der Waals surface area contributed by atoms with E-state index < -0.39 is 17.0 Å². The van der Waals surface area contributed by atoms with Gasteiger partial charge >= 0.3 is 12.1 Å². The lowest BCUT2D eigenvalue weighted by Crippen LogP contribution is -2.33. The molecule has 1 aromatic heterocycles. The molecule has 0 saturated carbocycles. The zero-order chi connectivity index (χ0) is 22.4. The molecular formula is C22H19N3O6. The number of hydrogen-bond acceptors (Lipinski definition) is 7. The average Bonchev–Trinajstić information content (AvgIpc) is 2.77. The number of aryl methyl sites for hydroxylation is 1. The van der Waals surface area contributed by atoms with E-state index in [1.54, 1.807) is 49.4 Å². The van der Waals surface area contributed by atoms with Gasteiger partial charge in [0.1, 0.15) is 11.6 Å². The number of carbonyl (C=O) groups is 2. The highest BCUT2D eigenvalue weighted by molar-refractivity contribution is 5.90. The number of nitro groups is 1. The number of rotatable bonds is 6. The molecule has 9 nitrogen and oxygen atoms in total. The summed E-state index contributed by atoms with van der Waals surface area (Å²) in [5.41, 5.74) is 1.73. The maximum Gasteiger partial charge on any atom is 0.421 e. The van der Waals surface area contributed by atoms with Crippen LogP contribution in [0.5, 0.6) is 5.75 Å². The fourth-order valence-corrected chi connectivity index (χ4v) is 2.76. The zero-order valence-corrected chi connectivity index (χ0v) is 16.8. The molecule has 1 heterocycles. The Kier molecular flexibility index (Phi) is 6.56. The number of aromatic nitrogens is 1. The van der Waals surface area contributed by atoms with Crippen molar-refractivity contribution in [3.63, 3.8) is 0 Å². The lowest BCUT2D eigenvalue weighted by Gasteiger charge is -2.21. The fraction of sp³-hybridized carbons (Fsp3) is 0.136. The molecule has 1 amide bonds. The second kappa shape index (κ2) is 9.49. The number of amides is 1. The van der Waals surface area contributed by atoms with E-state index >= 15 is 0 Å². The zero-order valence-electron chi connectivity index (χ0n) is 16.8. The van der Waals surface area contributed by atoms with Crippen molar-refractivity contribution in [1.82, 2.24) is 4.98 Å². The minimum Gasteiger partial charge on any atom is -0.465 e. The van der Waals surface area contributed by atoms with E-state index in [-0.39, 0.29) is 18.0 Å². The predicted octanol–water partition coefficient (Wildman–Crippen LogP) is 4.29. The van der Waals surface area contributed by atoms with Crippen LogP contribution in [0.2, 0.25) is 0 Å². The first-order valence-electron chi connectivity index (χ1n) is 9.22. The minimum atomic E-state index is -0.705. The molecule has 2 aromatic carbocycles. The van der Waals surface area contributed by atoms with E-state index in [1.165, 1.54) is 36.3 Å². The fourth-order valence-electron chi connectivity index (χ4n) is 2.76. The van der Waals surface area contributed by atoms with Gasteiger partial charge in [-0.1, -0.05) is 18.2 Å². The number of pyridine rings is 1. The van der Waals surface area contributed by atoms with Gasteiger partial charge in [0.05, 0.1) is 24.1 Å². The smallest absolute Gasteiger partial charge is 0.421 e. The van der Waals surface area contributed by atoms with Crippen molar-refractivity contribution in [3.05, 3.63) is 93.7 Å². The molecule has 0 bridgehead atoms. The normalized spacial score (nSPS) is 10.3. The first-order chi connectivity index (χ1) is 14.9. The van der Waals surface area contributed by atoms with Gasteiger partial charge in [0.15, 0.2) is 0 Å². The minimum absolute atomic E-state index is 0.109. The number of nitrogens with zero attached hydrogens (tertiary/aromatic N) is 3. The highest BCUT2D eigenvalue weighted by atomic mass is 16.6. The first-order valence-corrected chi connectivity index (χ1v) is 9.22. The molecule has 0 fully saturated rings. The largest absolute Gasteiger partial charge is 0.465 e. The van der Waals surface area contributed by atoms with Gasteiger partial charge in [0, 0.05) is 17.8 Å². The number of carbonyl (C=O) groups excluding carboxylic acids is 2. The van der Waals surface area contributed by atoms with E-state index in [0.29, 0.717) is 17.1 Å². The number of methoxy groups -OCH3 is 1. The van der Waals surface area contributed by atoms with Crippen LogP contribution in [0.4, 0.5) is 16.3 Å². The average molecular weight is 421 g/mol. The van der Waals surface area contributed by atoms with Gasteiger partial charge in [-0.3, -0.25) is 15.0 Å². The van der Waals surface area contributed by atoms with Gasteiger partial charge in [-0.2, -0.15) is 0 Å². The second-order valence-corrected chi connectivity index (χ2v) is 6.53. The molecular weight excluding hydrogens is 402 g/mol. The summed E-state index contributed by atoms with van der Waals surface area (Å²) in [6.45, 7) is 1.93. The Morgan fingerprint density at radius 2 is 1.71 bits per heavy atom. The molecule has 0 spiro atoms. The molecule has 0 unspecified atom stereocenters. The van der Waals surface area contributed by atoms with Crippen LogP contribution >= 0.6 is 0 Å².